The van der Waals surface area contributed by atoms with Gasteiger partial charge < -0.3 is 10.1 Å². The molecule has 2 aliphatic heterocycles. The zero-order valence-electron chi connectivity index (χ0n) is 8.96. The maximum atomic E-state index is 11.6. The summed E-state index contributed by atoms with van der Waals surface area (Å²) in [6.45, 7) is 2.73. The molecule has 0 aromatic heterocycles. The minimum absolute atomic E-state index is 0.0494. The quantitative estimate of drug-likeness (QED) is 0.598. The molecule has 2 rings (SSSR count). The van der Waals surface area contributed by atoms with Gasteiger partial charge in [0.25, 0.3) is 0 Å². The van der Waals surface area contributed by atoms with Crippen LogP contribution in [0, 0.1) is 0 Å². The van der Waals surface area contributed by atoms with Crippen LogP contribution in [0.1, 0.15) is 0 Å². The number of rotatable bonds is 3. The number of carbonyl (C=O) groups excluding carboxylic acids is 1. The molecule has 2 fully saturated rings. The second-order valence-electron chi connectivity index (χ2n) is 4.18. The number of carbonyl (C=O) groups is 1. The Kier molecular flexibility index (Phi) is 3.46. The number of sulfone groups is 1. The minimum atomic E-state index is -3.02. The summed E-state index contributed by atoms with van der Waals surface area (Å²) < 4.78 is 28.3. The van der Waals surface area contributed by atoms with E-state index in [2.05, 4.69) is 10.2 Å². The summed E-state index contributed by atoms with van der Waals surface area (Å²) in [5.41, 5.74) is 0. The second-order valence-corrected chi connectivity index (χ2v) is 6.34. The van der Waals surface area contributed by atoms with Crippen molar-refractivity contribution >= 4 is 16.2 Å². The van der Waals surface area contributed by atoms with E-state index in [0.717, 1.165) is 13.1 Å². The first-order valence-corrected chi connectivity index (χ1v) is 7.16. The maximum Gasteiger partial charge on any atom is 0.207 e. The summed E-state index contributed by atoms with van der Waals surface area (Å²) in [5, 5.41) is 2.61. The van der Waals surface area contributed by atoms with Gasteiger partial charge in [-0.25, -0.2) is 8.42 Å². The molecule has 0 spiro atoms. The highest BCUT2D eigenvalue weighted by atomic mass is 32.2. The first-order chi connectivity index (χ1) is 7.62. The van der Waals surface area contributed by atoms with Crippen LogP contribution >= 0.6 is 0 Å². The predicted octanol–water partition coefficient (Wildman–Crippen LogP) is -1.77. The number of amides is 1. The van der Waals surface area contributed by atoms with Crippen LogP contribution < -0.4 is 5.32 Å². The van der Waals surface area contributed by atoms with Crippen LogP contribution in [-0.2, 0) is 19.4 Å². The normalized spacial score (nSPS) is 34.8. The van der Waals surface area contributed by atoms with Gasteiger partial charge in [0, 0.05) is 19.1 Å². The fourth-order valence-electron chi connectivity index (χ4n) is 2.34. The molecule has 6 nitrogen and oxygen atoms in total. The molecule has 2 saturated heterocycles. The first-order valence-electron chi connectivity index (χ1n) is 5.34. The molecule has 16 heavy (non-hydrogen) atoms. The zero-order valence-corrected chi connectivity index (χ0v) is 9.78. The molecule has 2 unspecified atom stereocenters. The van der Waals surface area contributed by atoms with Crippen LogP contribution in [0.5, 0.6) is 0 Å². The summed E-state index contributed by atoms with van der Waals surface area (Å²) in [7, 11) is -3.02. The minimum Gasteiger partial charge on any atom is -0.379 e. The van der Waals surface area contributed by atoms with E-state index < -0.39 is 9.84 Å². The molecule has 0 aromatic rings. The Morgan fingerprint density at radius 1 is 1.25 bits per heavy atom. The van der Waals surface area contributed by atoms with Gasteiger partial charge in [-0.05, 0) is 0 Å². The third kappa shape index (κ3) is 2.53. The third-order valence-electron chi connectivity index (χ3n) is 3.12. The Morgan fingerprint density at radius 2 is 1.94 bits per heavy atom. The summed E-state index contributed by atoms with van der Waals surface area (Å²) in [5.74, 6) is 0.187. The molecular weight excluding hydrogens is 232 g/mol. The van der Waals surface area contributed by atoms with Crippen molar-refractivity contribution in [2.24, 2.45) is 0 Å². The Morgan fingerprint density at radius 3 is 2.56 bits per heavy atom. The fourth-order valence-corrected chi connectivity index (χ4v) is 4.31. The van der Waals surface area contributed by atoms with Gasteiger partial charge in [0.15, 0.2) is 9.84 Å². The smallest absolute Gasteiger partial charge is 0.207 e. The summed E-state index contributed by atoms with van der Waals surface area (Å²) in [6.07, 6.45) is 0.582. The van der Waals surface area contributed by atoms with E-state index in [1.807, 2.05) is 0 Å². The molecule has 2 atom stereocenters. The van der Waals surface area contributed by atoms with Crippen LogP contribution in [-0.4, -0.2) is 69.6 Å². The largest absolute Gasteiger partial charge is 0.379 e. The molecule has 7 heteroatoms. The van der Waals surface area contributed by atoms with Crippen LogP contribution in [0.4, 0.5) is 0 Å². The third-order valence-corrected chi connectivity index (χ3v) is 4.84. The Labute approximate surface area is 94.9 Å². The first kappa shape index (κ1) is 11.8. The average molecular weight is 248 g/mol. The van der Waals surface area contributed by atoms with Gasteiger partial charge in [-0.1, -0.05) is 0 Å². The maximum absolute atomic E-state index is 11.6. The van der Waals surface area contributed by atoms with Gasteiger partial charge in [0.05, 0.1) is 30.8 Å². The highest BCUT2D eigenvalue weighted by Crippen LogP contribution is 2.19. The molecular formula is C9H16N2O4S. The highest BCUT2D eigenvalue weighted by Gasteiger charge is 2.41. The lowest BCUT2D eigenvalue weighted by molar-refractivity contribution is -0.110. The van der Waals surface area contributed by atoms with Gasteiger partial charge in [-0.3, -0.25) is 9.69 Å². The molecule has 1 amide bonds. The van der Waals surface area contributed by atoms with Crippen molar-refractivity contribution < 1.29 is 17.9 Å². The molecule has 0 bridgehead atoms. The molecule has 92 valence electrons. The number of ether oxygens (including phenoxy) is 1. The van der Waals surface area contributed by atoms with Gasteiger partial charge >= 0.3 is 0 Å². The van der Waals surface area contributed by atoms with Crippen molar-refractivity contribution in [2.45, 2.75) is 12.1 Å². The van der Waals surface area contributed by atoms with Crippen molar-refractivity contribution in [1.82, 2.24) is 10.2 Å². The molecule has 0 aromatic carbocycles. The summed E-state index contributed by atoms with van der Waals surface area (Å²) in [6, 6.07) is -0.375. The van der Waals surface area contributed by atoms with Crippen LogP contribution in [0.3, 0.4) is 0 Å². The van der Waals surface area contributed by atoms with Crippen LogP contribution in [0.2, 0.25) is 0 Å². The fraction of sp³-hybridized carbons (Fsp3) is 0.889. The molecule has 1 N–H and O–H groups in total. The van der Waals surface area contributed by atoms with Gasteiger partial charge in [0.1, 0.15) is 0 Å². The standard InChI is InChI=1S/C9H16N2O4S/c12-7-10-8-5-16(13,14)6-9(8)11-1-3-15-4-2-11/h7-9H,1-6H2,(H,10,12). The Bertz CT molecular complexity index is 351. The molecule has 0 aliphatic carbocycles. The lowest BCUT2D eigenvalue weighted by atomic mass is 10.1. The second kappa shape index (κ2) is 4.68. The molecule has 2 heterocycles. The van der Waals surface area contributed by atoms with E-state index in [1.54, 1.807) is 0 Å². The lowest BCUT2D eigenvalue weighted by Crippen LogP contribution is -2.52. The zero-order chi connectivity index (χ0) is 11.6. The van der Waals surface area contributed by atoms with Crippen LogP contribution in [0.25, 0.3) is 0 Å². The van der Waals surface area contributed by atoms with E-state index in [-0.39, 0.29) is 23.6 Å². The van der Waals surface area contributed by atoms with E-state index in [1.165, 1.54) is 0 Å². The van der Waals surface area contributed by atoms with Gasteiger partial charge in [-0.15, -0.1) is 0 Å². The van der Waals surface area contributed by atoms with E-state index in [4.69, 9.17) is 4.74 Å². The number of hydrogen-bond donors (Lipinski definition) is 1. The Balaban J connectivity index is 2.07. The van der Waals surface area contributed by atoms with E-state index >= 15 is 0 Å². The monoisotopic (exact) mass is 248 g/mol. The van der Waals surface area contributed by atoms with Crippen molar-refractivity contribution in [3.8, 4) is 0 Å². The van der Waals surface area contributed by atoms with E-state index in [0.29, 0.717) is 19.6 Å². The number of nitrogens with one attached hydrogen (secondary N) is 1. The van der Waals surface area contributed by atoms with Crippen molar-refractivity contribution in [1.29, 1.82) is 0 Å². The highest BCUT2D eigenvalue weighted by molar-refractivity contribution is 7.91. The summed E-state index contributed by atoms with van der Waals surface area (Å²) in [4.78, 5) is 12.5. The van der Waals surface area contributed by atoms with Crippen molar-refractivity contribution in [3.05, 3.63) is 0 Å². The van der Waals surface area contributed by atoms with Crippen molar-refractivity contribution in [2.75, 3.05) is 37.8 Å². The number of nitrogens with zero attached hydrogens (tertiary/aromatic N) is 1. The predicted molar refractivity (Wildman–Crippen MR) is 57.8 cm³/mol. The molecule has 0 saturated carbocycles. The molecule has 0 radical (unpaired) electrons. The SMILES string of the molecule is O=CNC1CS(=O)(=O)CC1N1CCOCC1. The average Bonchev–Trinajstić information content (AvgIpc) is 2.56. The number of morpholine rings is 1. The van der Waals surface area contributed by atoms with Crippen LogP contribution in [0.15, 0.2) is 0 Å². The summed E-state index contributed by atoms with van der Waals surface area (Å²) >= 11 is 0. The number of hydrogen-bond acceptors (Lipinski definition) is 5. The topological polar surface area (TPSA) is 75.7 Å². The van der Waals surface area contributed by atoms with Gasteiger partial charge in [-0.2, -0.15) is 0 Å². The van der Waals surface area contributed by atoms with Crippen molar-refractivity contribution in [3.63, 3.8) is 0 Å². The van der Waals surface area contributed by atoms with E-state index in [9.17, 15) is 13.2 Å². The molecule has 2 aliphatic rings. The lowest BCUT2D eigenvalue weighted by Gasteiger charge is -2.34. The Hall–Kier alpha value is -0.660. The van der Waals surface area contributed by atoms with Gasteiger partial charge in [0.2, 0.25) is 6.41 Å².